The molecule has 0 bridgehead atoms. The Morgan fingerprint density at radius 2 is 2.32 bits per heavy atom. The minimum absolute atomic E-state index is 0.0277. The van der Waals surface area contributed by atoms with E-state index in [1.807, 2.05) is 25.1 Å². The first kappa shape index (κ1) is 14.4. The van der Waals surface area contributed by atoms with Gasteiger partial charge in [-0.1, -0.05) is 24.4 Å². The Morgan fingerprint density at radius 1 is 1.58 bits per heavy atom. The predicted octanol–water partition coefficient (Wildman–Crippen LogP) is 1.88. The monoisotopic (exact) mass is 342 g/mol. The summed E-state index contributed by atoms with van der Waals surface area (Å²) < 4.78 is 6.27. The molecule has 1 amide bonds. The van der Waals surface area contributed by atoms with Crippen molar-refractivity contribution in [2.24, 2.45) is 5.73 Å². The van der Waals surface area contributed by atoms with Crippen molar-refractivity contribution in [1.82, 2.24) is 4.90 Å². The van der Waals surface area contributed by atoms with Crippen LogP contribution < -0.4 is 5.73 Å². The lowest BCUT2D eigenvalue weighted by molar-refractivity contribution is 0.00873. The molecule has 1 heterocycles. The lowest BCUT2D eigenvalue weighted by atomic mass is 10.1. The van der Waals surface area contributed by atoms with Crippen molar-refractivity contribution in [3.63, 3.8) is 0 Å². The van der Waals surface area contributed by atoms with Crippen LogP contribution in [0.4, 0.5) is 0 Å². The van der Waals surface area contributed by atoms with Gasteiger partial charge in [0.25, 0.3) is 5.91 Å². The Hall–Kier alpha value is -0.980. The molecule has 1 aromatic rings. The highest BCUT2D eigenvalue weighted by Crippen LogP contribution is 2.23. The summed E-state index contributed by atoms with van der Waals surface area (Å²) in [7, 11) is 0. The third-order valence-corrected chi connectivity index (χ3v) is 4.41. The summed E-state index contributed by atoms with van der Waals surface area (Å²) in [4.78, 5) is 14.5. The zero-order valence-corrected chi connectivity index (χ0v) is 13.0. The van der Waals surface area contributed by atoms with E-state index in [-0.39, 0.29) is 12.0 Å². The average molecular weight is 343 g/mol. The second-order valence-corrected chi connectivity index (χ2v) is 5.71. The number of aryl methyl sites for hydroxylation is 1. The number of halogens is 1. The quantitative estimate of drug-likeness (QED) is 0.834. The van der Waals surface area contributed by atoms with Gasteiger partial charge in [0.05, 0.1) is 18.7 Å². The number of rotatable bonds is 2. The van der Waals surface area contributed by atoms with E-state index in [4.69, 9.17) is 22.7 Å². The third kappa shape index (κ3) is 3.13. The number of carbonyl (C=O) groups is 1. The minimum Gasteiger partial charge on any atom is -0.391 e. The zero-order chi connectivity index (χ0) is 14.0. The van der Waals surface area contributed by atoms with E-state index in [1.54, 1.807) is 4.90 Å². The first-order valence-electron chi connectivity index (χ1n) is 5.96. The molecule has 1 fully saturated rings. The summed E-state index contributed by atoms with van der Waals surface area (Å²) >= 11 is 8.39. The molecular weight excluding hydrogens is 328 g/mol. The van der Waals surface area contributed by atoms with Crippen LogP contribution in [0.3, 0.4) is 0 Å². The Labute approximate surface area is 126 Å². The minimum atomic E-state index is -0.351. The molecule has 1 unspecified atom stereocenters. The van der Waals surface area contributed by atoms with Crippen LogP contribution in [-0.2, 0) is 4.74 Å². The maximum absolute atomic E-state index is 12.5. The van der Waals surface area contributed by atoms with Crippen LogP contribution in [0.15, 0.2) is 22.7 Å². The van der Waals surface area contributed by atoms with E-state index in [2.05, 4.69) is 15.9 Å². The SMILES string of the molecule is Cc1cccc(C(=O)N2CCOC(C(N)=S)C2)c1Br. The standard InChI is InChI=1S/C13H15BrN2O2S/c1-8-3-2-4-9(11(8)14)13(17)16-5-6-18-10(7-16)12(15)19/h2-4,10H,5-7H2,1H3,(H2,15,19). The smallest absolute Gasteiger partial charge is 0.255 e. The normalized spacial score (nSPS) is 19.3. The van der Waals surface area contributed by atoms with Crippen LogP contribution in [0.1, 0.15) is 15.9 Å². The summed E-state index contributed by atoms with van der Waals surface area (Å²) in [5.74, 6) is -0.0277. The number of nitrogens with two attached hydrogens (primary N) is 1. The van der Waals surface area contributed by atoms with Crippen LogP contribution in [0.25, 0.3) is 0 Å². The number of carbonyl (C=O) groups excluding carboxylic acids is 1. The molecule has 1 saturated heterocycles. The highest BCUT2D eigenvalue weighted by molar-refractivity contribution is 9.10. The summed E-state index contributed by atoms with van der Waals surface area (Å²) in [5, 5.41) is 0. The van der Waals surface area contributed by atoms with Gasteiger partial charge < -0.3 is 15.4 Å². The van der Waals surface area contributed by atoms with Crippen molar-refractivity contribution in [2.75, 3.05) is 19.7 Å². The lowest BCUT2D eigenvalue weighted by Crippen LogP contribution is -2.50. The molecule has 102 valence electrons. The van der Waals surface area contributed by atoms with Gasteiger partial charge in [0.1, 0.15) is 11.1 Å². The van der Waals surface area contributed by atoms with Crippen molar-refractivity contribution in [3.05, 3.63) is 33.8 Å². The van der Waals surface area contributed by atoms with Crippen LogP contribution in [0, 0.1) is 6.92 Å². The van der Waals surface area contributed by atoms with E-state index in [1.165, 1.54) is 0 Å². The lowest BCUT2D eigenvalue weighted by Gasteiger charge is -2.32. The fourth-order valence-corrected chi connectivity index (χ4v) is 2.57. The maximum atomic E-state index is 12.5. The number of ether oxygens (including phenoxy) is 1. The van der Waals surface area contributed by atoms with Crippen molar-refractivity contribution < 1.29 is 9.53 Å². The number of hydrogen-bond acceptors (Lipinski definition) is 3. The molecule has 0 aliphatic carbocycles. The predicted molar refractivity (Wildman–Crippen MR) is 81.3 cm³/mol. The number of benzene rings is 1. The molecule has 1 aliphatic rings. The van der Waals surface area contributed by atoms with Gasteiger partial charge in [-0.2, -0.15) is 0 Å². The zero-order valence-electron chi connectivity index (χ0n) is 10.6. The largest absolute Gasteiger partial charge is 0.391 e. The second kappa shape index (κ2) is 5.98. The van der Waals surface area contributed by atoms with Gasteiger partial charge >= 0.3 is 0 Å². The van der Waals surface area contributed by atoms with Crippen LogP contribution in [0.5, 0.6) is 0 Å². The molecule has 2 rings (SSSR count). The summed E-state index contributed by atoms with van der Waals surface area (Å²) in [6, 6.07) is 5.64. The number of nitrogens with zero attached hydrogens (tertiary/aromatic N) is 1. The van der Waals surface area contributed by atoms with Crippen LogP contribution >= 0.6 is 28.1 Å². The summed E-state index contributed by atoms with van der Waals surface area (Å²) in [6.07, 6.45) is -0.351. The van der Waals surface area contributed by atoms with Gasteiger partial charge in [-0.15, -0.1) is 0 Å². The highest BCUT2D eigenvalue weighted by atomic mass is 79.9. The molecular formula is C13H15BrN2O2S. The summed E-state index contributed by atoms with van der Waals surface area (Å²) in [6.45, 7) is 3.38. The van der Waals surface area contributed by atoms with Gasteiger partial charge in [-0.3, -0.25) is 4.79 Å². The average Bonchev–Trinajstić information content (AvgIpc) is 2.41. The molecule has 0 radical (unpaired) electrons. The Morgan fingerprint density at radius 3 is 3.00 bits per heavy atom. The molecule has 1 atom stereocenters. The van der Waals surface area contributed by atoms with E-state index < -0.39 is 0 Å². The molecule has 1 aromatic carbocycles. The van der Waals surface area contributed by atoms with Gasteiger partial charge in [-0.25, -0.2) is 0 Å². The van der Waals surface area contributed by atoms with Crippen LogP contribution in [0.2, 0.25) is 0 Å². The van der Waals surface area contributed by atoms with Crippen molar-refractivity contribution >= 4 is 39.0 Å². The number of morpholine rings is 1. The topological polar surface area (TPSA) is 55.6 Å². The van der Waals surface area contributed by atoms with E-state index >= 15 is 0 Å². The van der Waals surface area contributed by atoms with E-state index in [0.717, 1.165) is 10.0 Å². The van der Waals surface area contributed by atoms with Gasteiger partial charge in [0, 0.05) is 11.0 Å². The molecule has 6 heteroatoms. The number of thiocarbonyl (C=S) groups is 1. The molecule has 0 spiro atoms. The molecule has 19 heavy (non-hydrogen) atoms. The van der Waals surface area contributed by atoms with Crippen molar-refractivity contribution in [1.29, 1.82) is 0 Å². The first-order chi connectivity index (χ1) is 9.00. The Balaban J connectivity index is 2.19. The highest BCUT2D eigenvalue weighted by Gasteiger charge is 2.27. The molecule has 0 aromatic heterocycles. The van der Waals surface area contributed by atoms with Gasteiger partial charge in [-0.05, 0) is 34.5 Å². The van der Waals surface area contributed by atoms with Gasteiger partial charge in [0.15, 0.2) is 0 Å². The summed E-state index contributed by atoms with van der Waals surface area (Å²) in [5.41, 5.74) is 7.27. The van der Waals surface area contributed by atoms with Crippen LogP contribution in [-0.4, -0.2) is 41.6 Å². The van der Waals surface area contributed by atoms with Crippen molar-refractivity contribution in [3.8, 4) is 0 Å². The Bertz CT molecular complexity index is 521. The maximum Gasteiger partial charge on any atom is 0.255 e. The second-order valence-electron chi connectivity index (χ2n) is 4.45. The molecule has 2 N–H and O–H groups in total. The van der Waals surface area contributed by atoms with Crippen molar-refractivity contribution in [2.45, 2.75) is 13.0 Å². The number of amides is 1. The number of hydrogen-bond donors (Lipinski definition) is 1. The third-order valence-electron chi connectivity index (χ3n) is 3.09. The fourth-order valence-electron chi connectivity index (χ4n) is 1.99. The molecule has 1 aliphatic heterocycles. The van der Waals surface area contributed by atoms with E-state index in [0.29, 0.717) is 30.2 Å². The fraction of sp³-hybridized carbons (Fsp3) is 0.385. The first-order valence-corrected chi connectivity index (χ1v) is 7.16. The van der Waals surface area contributed by atoms with E-state index in [9.17, 15) is 4.79 Å². The molecule has 4 nitrogen and oxygen atoms in total. The van der Waals surface area contributed by atoms with Gasteiger partial charge in [0.2, 0.25) is 0 Å². The Kier molecular flexibility index (Phi) is 4.54. The molecule has 0 saturated carbocycles.